The van der Waals surface area contributed by atoms with Crippen LogP contribution in [0.25, 0.3) is 0 Å². The minimum atomic E-state index is -1.20. The quantitative estimate of drug-likeness (QED) is 0.693. The van der Waals surface area contributed by atoms with E-state index in [1.54, 1.807) is 7.11 Å². The van der Waals surface area contributed by atoms with Gasteiger partial charge in [-0.05, 0) is 28.1 Å². The second kappa shape index (κ2) is 8.89. The fourth-order valence-corrected chi connectivity index (χ4v) is 1.89. The molecule has 0 saturated heterocycles. The minimum Gasteiger partial charge on any atom is -0.490 e. The van der Waals surface area contributed by atoms with Crippen LogP contribution in [-0.2, 0) is 9.47 Å². The number of hydrogen-bond donors (Lipinski definition) is 1. The maximum Gasteiger partial charge on any atom is 0.336 e. The molecule has 1 N–H and O–H groups in total. The summed E-state index contributed by atoms with van der Waals surface area (Å²) in [6.45, 7) is 1.80. The Morgan fingerprint density at radius 3 is 2.70 bits per heavy atom. The average molecular weight is 351 g/mol. The van der Waals surface area contributed by atoms with Crippen molar-refractivity contribution in [2.75, 3.05) is 33.5 Å². The van der Waals surface area contributed by atoms with Crippen molar-refractivity contribution in [2.24, 2.45) is 0 Å². The van der Waals surface area contributed by atoms with Gasteiger partial charge < -0.3 is 19.3 Å². The summed E-state index contributed by atoms with van der Waals surface area (Å²) < 4.78 is 29.0. The minimum absolute atomic E-state index is 0.0127. The van der Waals surface area contributed by atoms with E-state index in [1.807, 2.05) is 0 Å². The molecular formula is C13H16BrFO5. The number of carbonyl (C=O) groups is 1. The van der Waals surface area contributed by atoms with Gasteiger partial charge in [0.15, 0.2) is 11.6 Å². The predicted molar refractivity (Wildman–Crippen MR) is 73.9 cm³/mol. The highest BCUT2D eigenvalue weighted by Crippen LogP contribution is 2.28. The van der Waals surface area contributed by atoms with E-state index in [9.17, 15) is 9.18 Å². The summed E-state index contributed by atoms with van der Waals surface area (Å²) in [6.07, 6.45) is 0.599. The number of rotatable bonds is 9. The Morgan fingerprint density at radius 2 is 2.05 bits per heavy atom. The lowest BCUT2D eigenvalue weighted by Gasteiger charge is -2.09. The molecule has 0 aliphatic rings. The summed E-state index contributed by atoms with van der Waals surface area (Å²) in [4.78, 5) is 10.8. The van der Waals surface area contributed by atoms with Crippen molar-refractivity contribution in [1.29, 1.82) is 0 Å². The molecule has 1 aromatic rings. The van der Waals surface area contributed by atoms with E-state index in [2.05, 4.69) is 15.9 Å². The average Bonchev–Trinajstić information content (AvgIpc) is 2.42. The van der Waals surface area contributed by atoms with E-state index in [0.29, 0.717) is 26.2 Å². The third-order valence-electron chi connectivity index (χ3n) is 2.40. The van der Waals surface area contributed by atoms with E-state index in [0.717, 1.165) is 0 Å². The van der Waals surface area contributed by atoms with E-state index in [-0.39, 0.29) is 22.4 Å². The summed E-state index contributed by atoms with van der Waals surface area (Å²) >= 11 is 2.91. The van der Waals surface area contributed by atoms with Gasteiger partial charge in [-0.15, -0.1) is 0 Å². The highest BCUT2D eigenvalue weighted by Gasteiger charge is 2.16. The Balaban J connectivity index is 2.41. The number of carboxylic acid groups (broad SMARTS) is 1. The third-order valence-corrected chi connectivity index (χ3v) is 3.17. The molecule has 7 heteroatoms. The molecule has 0 saturated carbocycles. The van der Waals surface area contributed by atoms with E-state index < -0.39 is 11.8 Å². The standard InChI is InChI=1S/C13H16BrFO5/c1-18-7-8-19-5-2-6-20-10-4-3-9(13(16)17)11(14)12(10)15/h3-4H,2,5-8H2,1H3,(H,16,17). The Morgan fingerprint density at radius 1 is 1.30 bits per heavy atom. The number of ether oxygens (including phenoxy) is 3. The van der Waals surface area contributed by atoms with E-state index >= 15 is 0 Å². The van der Waals surface area contributed by atoms with Gasteiger partial charge in [0.05, 0.1) is 29.9 Å². The molecule has 0 heterocycles. The Hall–Kier alpha value is -1.18. The van der Waals surface area contributed by atoms with Crippen LogP contribution in [0.15, 0.2) is 16.6 Å². The van der Waals surface area contributed by atoms with Crippen LogP contribution in [0.3, 0.4) is 0 Å². The normalized spacial score (nSPS) is 10.6. The molecule has 112 valence electrons. The molecule has 0 atom stereocenters. The Bertz CT molecular complexity index is 453. The van der Waals surface area contributed by atoms with Crippen molar-refractivity contribution < 1.29 is 28.5 Å². The van der Waals surface area contributed by atoms with Crippen molar-refractivity contribution in [3.8, 4) is 5.75 Å². The van der Waals surface area contributed by atoms with Crippen molar-refractivity contribution in [3.63, 3.8) is 0 Å². The van der Waals surface area contributed by atoms with Crippen LogP contribution >= 0.6 is 15.9 Å². The van der Waals surface area contributed by atoms with E-state index in [1.165, 1.54) is 12.1 Å². The SMILES string of the molecule is COCCOCCCOc1ccc(C(=O)O)c(Br)c1F. The molecule has 0 aliphatic carbocycles. The lowest BCUT2D eigenvalue weighted by Crippen LogP contribution is -2.08. The molecule has 0 radical (unpaired) electrons. The van der Waals surface area contributed by atoms with Gasteiger partial charge in [0.2, 0.25) is 0 Å². The summed E-state index contributed by atoms with van der Waals surface area (Å²) in [5.74, 6) is -1.90. The van der Waals surface area contributed by atoms with Crippen molar-refractivity contribution in [3.05, 3.63) is 28.0 Å². The largest absolute Gasteiger partial charge is 0.490 e. The van der Waals surface area contributed by atoms with Gasteiger partial charge in [-0.1, -0.05) is 0 Å². The van der Waals surface area contributed by atoms with Gasteiger partial charge >= 0.3 is 5.97 Å². The number of methoxy groups -OCH3 is 1. The summed E-state index contributed by atoms with van der Waals surface area (Å²) in [7, 11) is 1.59. The van der Waals surface area contributed by atoms with Gasteiger partial charge in [0.25, 0.3) is 0 Å². The smallest absolute Gasteiger partial charge is 0.336 e. The molecule has 0 spiro atoms. The van der Waals surface area contributed by atoms with E-state index in [4.69, 9.17) is 19.3 Å². The first kappa shape index (κ1) is 16.9. The first-order valence-corrected chi connectivity index (χ1v) is 6.78. The summed E-state index contributed by atoms with van der Waals surface area (Å²) in [5, 5.41) is 8.83. The van der Waals surface area contributed by atoms with Crippen LogP contribution in [0, 0.1) is 5.82 Å². The molecule has 1 aromatic carbocycles. The van der Waals surface area contributed by atoms with Crippen molar-refractivity contribution in [1.82, 2.24) is 0 Å². The van der Waals surface area contributed by atoms with Crippen LogP contribution < -0.4 is 4.74 Å². The van der Waals surface area contributed by atoms with Crippen LogP contribution in [0.4, 0.5) is 4.39 Å². The second-order valence-electron chi connectivity index (χ2n) is 3.85. The molecule has 0 unspecified atom stereocenters. The van der Waals surface area contributed by atoms with Gasteiger partial charge in [0.1, 0.15) is 0 Å². The molecule has 0 aromatic heterocycles. The highest BCUT2D eigenvalue weighted by molar-refractivity contribution is 9.10. The molecule has 5 nitrogen and oxygen atoms in total. The van der Waals surface area contributed by atoms with Gasteiger partial charge in [0, 0.05) is 20.1 Å². The maximum absolute atomic E-state index is 13.8. The van der Waals surface area contributed by atoms with Crippen LogP contribution in [-0.4, -0.2) is 44.6 Å². The molecular weight excluding hydrogens is 335 g/mol. The zero-order valence-corrected chi connectivity index (χ0v) is 12.6. The Kier molecular flexibility index (Phi) is 7.50. The lowest BCUT2D eigenvalue weighted by atomic mass is 10.2. The zero-order valence-electron chi connectivity index (χ0n) is 11.0. The first-order chi connectivity index (χ1) is 9.57. The summed E-state index contributed by atoms with van der Waals surface area (Å²) in [6, 6.07) is 2.59. The van der Waals surface area contributed by atoms with Crippen molar-refractivity contribution >= 4 is 21.9 Å². The number of hydrogen-bond acceptors (Lipinski definition) is 4. The van der Waals surface area contributed by atoms with Crippen LogP contribution in [0.1, 0.15) is 16.8 Å². The second-order valence-corrected chi connectivity index (χ2v) is 4.64. The monoisotopic (exact) mass is 350 g/mol. The number of carboxylic acids is 1. The molecule has 0 aliphatic heterocycles. The number of benzene rings is 1. The zero-order chi connectivity index (χ0) is 15.0. The molecule has 0 amide bonds. The molecule has 20 heavy (non-hydrogen) atoms. The maximum atomic E-state index is 13.8. The number of halogens is 2. The van der Waals surface area contributed by atoms with Gasteiger partial charge in [-0.25, -0.2) is 9.18 Å². The van der Waals surface area contributed by atoms with Crippen LogP contribution in [0.2, 0.25) is 0 Å². The Labute approximate surface area is 124 Å². The van der Waals surface area contributed by atoms with Crippen molar-refractivity contribution in [2.45, 2.75) is 6.42 Å². The highest BCUT2D eigenvalue weighted by atomic mass is 79.9. The topological polar surface area (TPSA) is 65.0 Å². The lowest BCUT2D eigenvalue weighted by molar-refractivity contribution is 0.0642. The van der Waals surface area contributed by atoms with Gasteiger partial charge in [-0.3, -0.25) is 0 Å². The first-order valence-electron chi connectivity index (χ1n) is 5.98. The molecule has 0 bridgehead atoms. The van der Waals surface area contributed by atoms with Crippen LogP contribution in [0.5, 0.6) is 5.75 Å². The third kappa shape index (κ3) is 5.07. The van der Waals surface area contributed by atoms with Gasteiger partial charge in [-0.2, -0.15) is 0 Å². The molecule has 1 rings (SSSR count). The predicted octanol–water partition coefficient (Wildman–Crippen LogP) is 2.72. The summed E-state index contributed by atoms with van der Waals surface area (Å²) in [5.41, 5.74) is -0.141. The number of aromatic carboxylic acids is 1. The molecule has 0 fully saturated rings. The fraction of sp³-hybridized carbons (Fsp3) is 0.462. The fourth-order valence-electron chi connectivity index (χ4n) is 1.40.